The van der Waals surface area contributed by atoms with Crippen LogP contribution < -0.4 is 11.3 Å². The van der Waals surface area contributed by atoms with Crippen molar-refractivity contribution in [3.63, 3.8) is 0 Å². The van der Waals surface area contributed by atoms with E-state index in [2.05, 4.69) is 0 Å². The molecule has 0 unspecified atom stereocenters. The molecular formula is C16H19N3O2. The van der Waals surface area contributed by atoms with E-state index in [1.807, 2.05) is 31.2 Å². The number of carbonyl (C=O) groups excluding carboxylic acids is 1. The summed E-state index contributed by atoms with van der Waals surface area (Å²) >= 11 is 0. The normalized spacial score (nSPS) is 10.4. The van der Waals surface area contributed by atoms with Crippen molar-refractivity contribution in [2.45, 2.75) is 13.5 Å². The zero-order valence-electron chi connectivity index (χ0n) is 12.2. The Morgan fingerprint density at radius 2 is 1.90 bits per heavy atom. The number of rotatable bonds is 4. The van der Waals surface area contributed by atoms with Crippen molar-refractivity contribution in [2.24, 2.45) is 7.05 Å². The molecule has 0 aliphatic rings. The zero-order valence-corrected chi connectivity index (χ0v) is 12.2. The first kappa shape index (κ1) is 14.8. The number of nitrogen functional groups attached to an aromatic ring is 1. The third kappa shape index (κ3) is 3.51. The first-order valence-electron chi connectivity index (χ1n) is 6.81. The predicted octanol–water partition coefficient (Wildman–Crippen LogP) is 1.63. The maximum absolute atomic E-state index is 12.5. The topological polar surface area (TPSA) is 68.3 Å². The fourth-order valence-corrected chi connectivity index (χ4v) is 2.03. The summed E-state index contributed by atoms with van der Waals surface area (Å²) < 4.78 is 1.44. The number of carbonyl (C=O) groups is 1. The number of aryl methyl sites for hydroxylation is 1. The smallest absolute Gasteiger partial charge is 0.254 e. The van der Waals surface area contributed by atoms with Gasteiger partial charge in [-0.05, 0) is 30.7 Å². The summed E-state index contributed by atoms with van der Waals surface area (Å²) in [5, 5.41) is 0. The minimum Gasteiger partial charge on any atom is -0.399 e. The minimum atomic E-state index is -0.190. The number of nitrogens with two attached hydrogens (primary N) is 1. The number of pyridine rings is 1. The van der Waals surface area contributed by atoms with E-state index in [9.17, 15) is 9.59 Å². The highest BCUT2D eigenvalue weighted by Gasteiger charge is 2.15. The highest BCUT2D eigenvalue weighted by atomic mass is 16.2. The van der Waals surface area contributed by atoms with Crippen LogP contribution >= 0.6 is 0 Å². The Hall–Kier alpha value is -2.56. The van der Waals surface area contributed by atoms with Crippen LogP contribution in [0.25, 0.3) is 0 Å². The Morgan fingerprint density at radius 3 is 2.48 bits per heavy atom. The van der Waals surface area contributed by atoms with E-state index in [-0.39, 0.29) is 11.5 Å². The summed E-state index contributed by atoms with van der Waals surface area (Å²) in [6.45, 7) is 2.97. The number of amides is 1. The predicted molar refractivity (Wildman–Crippen MR) is 83.0 cm³/mol. The molecule has 0 fully saturated rings. The molecule has 2 N–H and O–H groups in total. The zero-order chi connectivity index (χ0) is 15.4. The molecule has 0 atom stereocenters. The van der Waals surface area contributed by atoms with E-state index in [0.717, 1.165) is 5.56 Å². The van der Waals surface area contributed by atoms with Crippen LogP contribution in [-0.2, 0) is 13.6 Å². The number of anilines is 1. The second-order valence-electron chi connectivity index (χ2n) is 4.93. The van der Waals surface area contributed by atoms with Gasteiger partial charge in [0.2, 0.25) is 0 Å². The molecule has 0 spiro atoms. The fraction of sp³-hybridized carbons (Fsp3) is 0.250. The van der Waals surface area contributed by atoms with Gasteiger partial charge in [-0.1, -0.05) is 12.1 Å². The van der Waals surface area contributed by atoms with Gasteiger partial charge in [0.05, 0.1) is 0 Å². The van der Waals surface area contributed by atoms with Crippen LogP contribution in [0.4, 0.5) is 5.69 Å². The largest absolute Gasteiger partial charge is 0.399 e. The molecule has 21 heavy (non-hydrogen) atoms. The molecular weight excluding hydrogens is 266 g/mol. The molecule has 1 aromatic carbocycles. The molecule has 0 radical (unpaired) electrons. The number of nitrogens with zero attached hydrogens (tertiary/aromatic N) is 2. The minimum absolute atomic E-state index is 0.146. The van der Waals surface area contributed by atoms with E-state index < -0.39 is 0 Å². The number of aromatic nitrogens is 1. The summed E-state index contributed by atoms with van der Waals surface area (Å²) in [7, 11) is 1.66. The van der Waals surface area contributed by atoms with Gasteiger partial charge in [-0.2, -0.15) is 0 Å². The van der Waals surface area contributed by atoms with Crippen molar-refractivity contribution in [1.29, 1.82) is 0 Å². The standard InChI is InChI=1S/C16H19N3O2/c1-3-19(11-12-4-6-14(17)7-5-12)16(21)13-8-9-18(2)15(20)10-13/h4-10H,3,11,17H2,1-2H3. The molecule has 2 rings (SSSR count). The average molecular weight is 285 g/mol. The Kier molecular flexibility index (Phi) is 4.42. The van der Waals surface area contributed by atoms with Crippen LogP contribution in [0.1, 0.15) is 22.8 Å². The molecule has 1 aromatic heterocycles. The van der Waals surface area contributed by atoms with Crippen molar-refractivity contribution in [1.82, 2.24) is 9.47 Å². The average Bonchev–Trinajstić information content (AvgIpc) is 2.49. The Labute approximate surface area is 123 Å². The fourth-order valence-electron chi connectivity index (χ4n) is 2.03. The van der Waals surface area contributed by atoms with E-state index in [1.165, 1.54) is 10.6 Å². The highest BCUT2D eigenvalue weighted by molar-refractivity contribution is 5.94. The van der Waals surface area contributed by atoms with E-state index in [0.29, 0.717) is 24.3 Å². The van der Waals surface area contributed by atoms with Crippen LogP contribution in [0, 0.1) is 0 Å². The van der Waals surface area contributed by atoms with Crippen molar-refractivity contribution in [3.8, 4) is 0 Å². The van der Waals surface area contributed by atoms with Gasteiger partial charge < -0.3 is 15.2 Å². The lowest BCUT2D eigenvalue weighted by molar-refractivity contribution is 0.0752. The summed E-state index contributed by atoms with van der Waals surface area (Å²) in [4.78, 5) is 25.8. The Morgan fingerprint density at radius 1 is 1.24 bits per heavy atom. The van der Waals surface area contributed by atoms with Gasteiger partial charge in [0.25, 0.3) is 11.5 Å². The number of hydrogen-bond acceptors (Lipinski definition) is 3. The number of benzene rings is 1. The van der Waals surface area contributed by atoms with Gasteiger partial charge in [-0.15, -0.1) is 0 Å². The highest BCUT2D eigenvalue weighted by Crippen LogP contribution is 2.11. The second-order valence-corrected chi connectivity index (χ2v) is 4.93. The molecule has 0 aliphatic heterocycles. The van der Waals surface area contributed by atoms with Crippen LogP contribution in [-0.4, -0.2) is 21.9 Å². The Bertz CT molecular complexity index is 689. The number of hydrogen-bond donors (Lipinski definition) is 1. The van der Waals surface area contributed by atoms with E-state index in [1.54, 1.807) is 24.2 Å². The van der Waals surface area contributed by atoms with Gasteiger partial charge in [-0.25, -0.2) is 0 Å². The maximum Gasteiger partial charge on any atom is 0.254 e. The van der Waals surface area contributed by atoms with Gasteiger partial charge in [0.1, 0.15) is 0 Å². The monoisotopic (exact) mass is 285 g/mol. The SMILES string of the molecule is CCN(Cc1ccc(N)cc1)C(=O)c1ccn(C)c(=O)c1. The summed E-state index contributed by atoms with van der Waals surface area (Å²) in [5.74, 6) is -0.146. The molecule has 1 amide bonds. The van der Waals surface area contributed by atoms with Gasteiger partial charge in [0, 0.05) is 43.7 Å². The molecule has 0 saturated carbocycles. The van der Waals surface area contributed by atoms with E-state index >= 15 is 0 Å². The van der Waals surface area contributed by atoms with Crippen LogP contribution in [0.2, 0.25) is 0 Å². The lowest BCUT2D eigenvalue weighted by Gasteiger charge is -2.21. The van der Waals surface area contributed by atoms with Crippen LogP contribution in [0.15, 0.2) is 47.4 Å². The second kappa shape index (κ2) is 6.26. The lowest BCUT2D eigenvalue weighted by Crippen LogP contribution is -2.31. The van der Waals surface area contributed by atoms with Crippen LogP contribution in [0.3, 0.4) is 0 Å². The molecule has 1 heterocycles. The molecule has 2 aromatic rings. The molecule has 0 saturated heterocycles. The van der Waals surface area contributed by atoms with Crippen molar-refractivity contribution in [3.05, 3.63) is 64.1 Å². The third-order valence-electron chi connectivity index (χ3n) is 3.37. The van der Waals surface area contributed by atoms with Gasteiger partial charge in [-0.3, -0.25) is 9.59 Å². The maximum atomic E-state index is 12.5. The summed E-state index contributed by atoms with van der Waals surface area (Å²) in [5.41, 5.74) is 7.57. The van der Waals surface area contributed by atoms with Crippen molar-refractivity contribution < 1.29 is 4.79 Å². The molecule has 0 aliphatic carbocycles. The molecule has 110 valence electrons. The van der Waals surface area contributed by atoms with Crippen LogP contribution in [0.5, 0.6) is 0 Å². The third-order valence-corrected chi connectivity index (χ3v) is 3.37. The quantitative estimate of drug-likeness (QED) is 0.868. The van der Waals surface area contributed by atoms with E-state index in [4.69, 9.17) is 5.73 Å². The lowest BCUT2D eigenvalue weighted by atomic mass is 10.1. The summed E-state index contributed by atoms with van der Waals surface area (Å²) in [6, 6.07) is 10.5. The Balaban J connectivity index is 2.20. The van der Waals surface area contributed by atoms with Crippen molar-refractivity contribution >= 4 is 11.6 Å². The molecule has 5 heteroatoms. The van der Waals surface area contributed by atoms with Gasteiger partial charge >= 0.3 is 0 Å². The first-order valence-corrected chi connectivity index (χ1v) is 6.81. The molecule has 0 bridgehead atoms. The van der Waals surface area contributed by atoms with Gasteiger partial charge in [0.15, 0.2) is 0 Å². The molecule has 5 nitrogen and oxygen atoms in total. The first-order chi connectivity index (χ1) is 10.0. The van der Waals surface area contributed by atoms with Crippen molar-refractivity contribution in [2.75, 3.05) is 12.3 Å². The summed E-state index contributed by atoms with van der Waals surface area (Å²) in [6.07, 6.45) is 1.60.